The number of methoxy groups -OCH3 is 2. The number of carbonyl (C=O) groups is 2. The molecule has 0 spiro atoms. The molecule has 3 aromatic rings. The van der Waals surface area contributed by atoms with Crippen molar-refractivity contribution in [3.63, 3.8) is 0 Å². The summed E-state index contributed by atoms with van der Waals surface area (Å²) in [4.78, 5) is 24.7. The van der Waals surface area contributed by atoms with Crippen LogP contribution >= 0.6 is 15.9 Å². The minimum absolute atomic E-state index is 0.217. The van der Waals surface area contributed by atoms with Crippen LogP contribution in [0.1, 0.15) is 10.4 Å². The van der Waals surface area contributed by atoms with Crippen molar-refractivity contribution in [2.45, 2.75) is 0 Å². The monoisotopic (exact) mass is 484 g/mol. The molecule has 0 aromatic heterocycles. The van der Waals surface area contributed by atoms with Crippen LogP contribution in [0.15, 0.2) is 71.2 Å². The molecular formula is C23H21BrN2O5. The van der Waals surface area contributed by atoms with Crippen molar-refractivity contribution in [3.05, 3.63) is 76.8 Å². The van der Waals surface area contributed by atoms with E-state index in [-0.39, 0.29) is 18.4 Å². The fourth-order valence-corrected chi connectivity index (χ4v) is 3.08. The van der Waals surface area contributed by atoms with Crippen LogP contribution in [-0.4, -0.2) is 32.6 Å². The molecule has 2 amide bonds. The molecule has 0 bridgehead atoms. The molecule has 160 valence electrons. The number of hydrogen-bond donors (Lipinski definition) is 2. The van der Waals surface area contributed by atoms with E-state index in [0.717, 1.165) is 4.47 Å². The molecule has 0 aliphatic heterocycles. The van der Waals surface area contributed by atoms with Crippen LogP contribution in [0.2, 0.25) is 0 Å². The van der Waals surface area contributed by atoms with Gasteiger partial charge in [-0.05, 0) is 70.5 Å². The summed E-state index contributed by atoms with van der Waals surface area (Å²) in [6.45, 7) is -0.217. The molecule has 31 heavy (non-hydrogen) atoms. The van der Waals surface area contributed by atoms with Crippen molar-refractivity contribution in [1.29, 1.82) is 0 Å². The van der Waals surface area contributed by atoms with Crippen LogP contribution in [0.3, 0.4) is 0 Å². The van der Waals surface area contributed by atoms with Gasteiger partial charge in [-0.3, -0.25) is 9.59 Å². The van der Waals surface area contributed by atoms with E-state index in [4.69, 9.17) is 14.2 Å². The van der Waals surface area contributed by atoms with Gasteiger partial charge in [-0.15, -0.1) is 0 Å². The molecule has 0 saturated heterocycles. The maximum atomic E-state index is 12.6. The normalized spacial score (nSPS) is 10.2. The zero-order valence-electron chi connectivity index (χ0n) is 17.0. The Hall–Kier alpha value is -3.52. The van der Waals surface area contributed by atoms with Crippen LogP contribution in [0.4, 0.5) is 11.4 Å². The largest absolute Gasteiger partial charge is 0.497 e. The highest BCUT2D eigenvalue weighted by Crippen LogP contribution is 2.29. The second kappa shape index (κ2) is 10.5. The number of benzene rings is 3. The Labute approximate surface area is 188 Å². The van der Waals surface area contributed by atoms with Crippen LogP contribution in [0.25, 0.3) is 0 Å². The van der Waals surface area contributed by atoms with Gasteiger partial charge in [0.05, 0.1) is 19.9 Å². The summed E-state index contributed by atoms with van der Waals surface area (Å²) in [7, 11) is 3.04. The van der Waals surface area contributed by atoms with Crippen molar-refractivity contribution >= 4 is 39.1 Å². The third-order valence-electron chi connectivity index (χ3n) is 4.28. The third-order valence-corrected chi connectivity index (χ3v) is 4.97. The lowest BCUT2D eigenvalue weighted by Crippen LogP contribution is -2.20. The van der Waals surface area contributed by atoms with Gasteiger partial charge in [-0.1, -0.05) is 12.1 Å². The molecule has 2 N–H and O–H groups in total. The number of anilines is 2. The number of hydrogen-bond acceptors (Lipinski definition) is 5. The molecule has 8 heteroatoms. The zero-order chi connectivity index (χ0) is 22.2. The number of para-hydroxylation sites is 1. The molecule has 0 aliphatic carbocycles. The first-order valence-corrected chi connectivity index (χ1v) is 10.1. The predicted octanol–water partition coefficient (Wildman–Crippen LogP) is 4.74. The highest BCUT2D eigenvalue weighted by molar-refractivity contribution is 9.10. The topological polar surface area (TPSA) is 85.9 Å². The molecular weight excluding hydrogens is 464 g/mol. The number of carbonyl (C=O) groups excluding carboxylic acids is 2. The Bertz CT molecular complexity index is 1070. The molecule has 0 heterocycles. The lowest BCUT2D eigenvalue weighted by Gasteiger charge is -2.13. The van der Waals surface area contributed by atoms with E-state index in [2.05, 4.69) is 26.6 Å². The van der Waals surface area contributed by atoms with Gasteiger partial charge in [0.25, 0.3) is 11.8 Å². The summed E-state index contributed by atoms with van der Waals surface area (Å²) in [5.74, 6) is 0.765. The molecule has 3 rings (SSSR count). The Morgan fingerprint density at radius 2 is 1.61 bits per heavy atom. The van der Waals surface area contributed by atoms with Gasteiger partial charge in [0.1, 0.15) is 5.75 Å². The minimum atomic E-state index is -0.331. The molecule has 0 saturated carbocycles. The molecule has 7 nitrogen and oxygen atoms in total. The first-order chi connectivity index (χ1) is 15.0. The Balaban J connectivity index is 1.62. The number of amides is 2. The fraction of sp³-hybridized carbons (Fsp3) is 0.130. The summed E-state index contributed by atoms with van der Waals surface area (Å²) in [5.41, 5.74) is 1.67. The summed E-state index contributed by atoms with van der Waals surface area (Å²) in [5, 5.41) is 5.56. The summed E-state index contributed by atoms with van der Waals surface area (Å²) >= 11 is 3.40. The van der Waals surface area contributed by atoms with E-state index in [1.54, 1.807) is 55.6 Å². The molecule has 0 unspecified atom stereocenters. The molecule has 3 aromatic carbocycles. The van der Waals surface area contributed by atoms with Crippen LogP contribution in [0.5, 0.6) is 17.2 Å². The van der Waals surface area contributed by atoms with Crippen molar-refractivity contribution in [2.75, 3.05) is 31.5 Å². The second-order valence-corrected chi connectivity index (χ2v) is 7.22. The quantitative estimate of drug-likeness (QED) is 0.482. The van der Waals surface area contributed by atoms with Gasteiger partial charge in [0.2, 0.25) is 0 Å². The number of halogens is 1. The highest BCUT2D eigenvalue weighted by Gasteiger charge is 2.14. The van der Waals surface area contributed by atoms with Crippen molar-refractivity contribution < 1.29 is 23.8 Å². The average molecular weight is 485 g/mol. The predicted molar refractivity (Wildman–Crippen MR) is 122 cm³/mol. The van der Waals surface area contributed by atoms with Gasteiger partial charge < -0.3 is 24.8 Å². The maximum absolute atomic E-state index is 12.6. The highest BCUT2D eigenvalue weighted by atomic mass is 79.9. The Kier molecular flexibility index (Phi) is 7.50. The maximum Gasteiger partial charge on any atom is 0.262 e. The van der Waals surface area contributed by atoms with Gasteiger partial charge in [-0.25, -0.2) is 0 Å². The first kappa shape index (κ1) is 22.2. The van der Waals surface area contributed by atoms with Gasteiger partial charge >= 0.3 is 0 Å². The van der Waals surface area contributed by atoms with E-state index in [1.165, 1.54) is 7.11 Å². The van der Waals surface area contributed by atoms with Gasteiger partial charge in [-0.2, -0.15) is 0 Å². The summed E-state index contributed by atoms with van der Waals surface area (Å²) in [6, 6.07) is 19.0. The molecule has 0 fully saturated rings. The van der Waals surface area contributed by atoms with E-state index in [9.17, 15) is 9.59 Å². The summed E-state index contributed by atoms with van der Waals surface area (Å²) in [6.07, 6.45) is 0. The first-order valence-electron chi connectivity index (χ1n) is 9.31. The second-order valence-electron chi connectivity index (χ2n) is 6.36. The van der Waals surface area contributed by atoms with E-state index in [0.29, 0.717) is 34.2 Å². The Morgan fingerprint density at radius 3 is 2.29 bits per heavy atom. The molecule has 0 aliphatic rings. The number of nitrogens with one attached hydrogen (secondary N) is 2. The van der Waals surface area contributed by atoms with Crippen molar-refractivity contribution in [3.8, 4) is 17.2 Å². The Morgan fingerprint density at radius 1 is 0.871 bits per heavy atom. The van der Waals surface area contributed by atoms with Crippen LogP contribution in [-0.2, 0) is 4.79 Å². The van der Waals surface area contributed by atoms with Crippen molar-refractivity contribution in [2.24, 2.45) is 0 Å². The molecule has 0 atom stereocenters. The van der Waals surface area contributed by atoms with Gasteiger partial charge in [0, 0.05) is 15.7 Å². The van der Waals surface area contributed by atoms with E-state index >= 15 is 0 Å². The van der Waals surface area contributed by atoms with Crippen LogP contribution < -0.4 is 24.8 Å². The number of rotatable bonds is 8. The van der Waals surface area contributed by atoms with Crippen LogP contribution in [0, 0.1) is 0 Å². The standard InChI is InChI=1S/C23H21BrN2O5/c1-29-17-10-8-16(9-11-17)25-22(27)14-31-20-12-7-15(13-21(20)30-2)23(28)26-19-6-4-3-5-18(19)24/h3-13H,14H2,1-2H3,(H,25,27)(H,26,28). The lowest BCUT2D eigenvalue weighted by molar-refractivity contribution is -0.118. The van der Waals surface area contributed by atoms with E-state index in [1.807, 2.05) is 18.2 Å². The smallest absolute Gasteiger partial charge is 0.262 e. The van der Waals surface area contributed by atoms with Crippen molar-refractivity contribution in [1.82, 2.24) is 0 Å². The number of ether oxygens (including phenoxy) is 3. The third kappa shape index (κ3) is 5.99. The van der Waals surface area contributed by atoms with E-state index < -0.39 is 0 Å². The zero-order valence-corrected chi connectivity index (χ0v) is 18.6. The lowest BCUT2D eigenvalue weighted by atomic mass is 10.2. The SMILES string of the molecule is COc1ccc(NC(=O)COc2ccc(C(=O)Nc3ccccc3Br)cc2OC)cc1. The fourth-order valence-electron chi connectivity index (χ4n) is 2.70. The minimum Gasteiger partial charge on any atom is -0.497 e. The molecule has 0 radical (unpaired) electrons. The average Bonchev–Trinajstić information content (AvgIpc) is 2.79. The van der Waals surface area contributed by atoms with Gasteiger partial charge in [0.15, 0.2) is 18.1 Å². The summed E-state index contributed by atoms with van der Waals surface area (Å²) < 4.78 is 16.8.